The van der Waals surface area contributed by atoms with E-state index in [9.17, 15) is 18.0 Å². The molecule has 198 valence electrons. The third-order valence-corrected chi connectivity index (χ3v) is 6.92. The summed E-state index contributed by atoms with van der Waals surface area (Å²) in [5, 5.41) is 2.86. The fourth-order valence-corrected chi connectivity index (χ4v) is 4.88. The van der Waals surface area contributed by atoms with Crippen molar-refractivity contribution in [1.82, 2.24) is 10.2 Å². The van der Waals surface area contributed by atoms with Gasteiger partial charge < -0.3 is 15.0 Å². The van der Waals surface area contributed by atoms with Gasteiger partial charge in [0.2, 0.25) is 21.8 Å². The number of amides is 2. The summed E-state index contributed by atoms with van der Waals surface area (Å²) in [6, 6.07) is 14.1. The molecular weight excluding hydrogens is 478 g/mol. The number of sulfonamides is 1. The normalized spacial score (nSPS) is 12.0. The molecule has 0 saturated carbocycles. The van der Waals surface area contributed by atoms with Crippen molar-refractivity contribution in [3.05, 3.63) is 59.7 Å². The Morgan fingerprint density at radius 2 is 1.81 bits per heavy atom. The van der Waals surface area contributed by atoms with Crippen LogP contribution in [0.15, 0.2) is 48.5 Å². The summed E-state index contributed by atoms with van der Waals surface area (Å²) in [4.78, 5) is 27.6. The highest BCUT2D eigenvalue weighted by molar-refractivity contribution is 7.92. The lowest BCUT2D eigenvalue weighted by atomic mass is 10.1. The highest BCUT2D eigenvalue weighted by Crippen LogP contribution is 2.30. The SMILES string of the molecule is CCCNC(=O)[C@H](C)N(Cc1cccc(C)c1)C(=O)CCCN(c1ccccc1OCC)S(C)(=O)=O. The Morgan fingerprint density at radius 3 is 2.44 bits per heavy atom. The molecular formula is C27H39N3O5S. The molecule has 9 heteroatoms. The van der Waals surface area contributed by atoms with Crippen molar-refractivity contribution in [2.24, 2.45) is 0 Å². The zero-order valence-electron chi connectivity index (χ0n) is 22.0. The molecule has 2 amide bonds. The maximum Gasteiger partial charge on any atom is 0.242 e. The number of ether oxygens (including phenoxy) is 1. The number of hydrogen-bond acceptors (Lipinski definition) is 5. The minimum absolute atomic E-state index is 0.0973. The molecule has 0 aliphatic heterocycles. The van der Waals surface area contributed by atoms with Crippen LogP contribution in [0.1, 0.15) is 51.2 Å². The molecule has 0 aliphatic rings. The highest BCUT2D eigenvalue weighted by Gasteiger charge is 2.27. The number of hydrogen-bond donors (Lipinski definition) is 1. The van der Waals surface area contributed by atoms with Crippen LogP contribution < -0.4 is 14.4 Å². The van der Waals surface area contributed by atoms with E-state index in [4.69, 9.17) is 4.74 Å². The van der Waals surface area contributed by atoms with Crippen molar-refractivity contribution in [3.8, 4) is 5.75 Å². The maximum absolute atomic E-state index is 13.3. The topological polar surface area (TPSA) is 96.0 Å². The van der Waals surface area contributed by atoms with E-state index in [-0.39, 0.29) is 24.8 Å². The Labute approximate surface area is 215 Å². The van der Waals surface area contributed by atoms with Crippen molar-refractivity contribution in [3.63, 3.8) is 0 Å². The number of benzene rings is 2. The van der Waals surface area contributed by atoms with Crippen LogP contribution in [0.2, 0.25) is 0 Å². The van der Waals surface area contributed by atoms with Crippen LogP contribution in [0.3, 0.4) is 0 Å². The second kappa shape index (κ2) is 13.9. The predicted molar refractivity (Wildman–Crippen MR) is 144 cm³/mol. The van der Waals surface area contributed by atoms with Crippen molar-refractivity contribution in [1.29, 1.82) is 0 Å². The summed E-state index contributed by atoms with van der Waals surface area (Å²) in [5.41, 5.74) is 2.44. The molecule has 0 aromatic heterocycles. The van der Waals surface area contributed by atoms with Gasteiger partial charge >= 0.3 is 0 Å². The average molecular weight is 518 g/mol. The fraction of sp³-hybridized carbons (Fsp3) is 0.481. The van der Waals surface area contributed by atoms with E-state index in [0.29, 0.717) is 37.6 Å². The van der Waals surface area contributed by atoms with Crippen molar-refractivity contribution < 1.29 is 22.7 Å². The Balaban J connectivity index is 2.19. The lowest BCUT2D eigenvalue weighted by Gasteiger charge is -2.29. The molecule has 2 aromatic rings. The summed E-state index contributed by atoms with van der Waals surface area (Å²) >= 11 is 0. The maximum atomic E-state index is 13.3. The number of anilines is 1. The Hall–Kier alpha value is -3.07. The van der Waals surface area contributed by atoms with Crippen LogP contribution in [-0.4, -0.2) is 57.1 Å². The first kappa shape index (κ1) is 29.2. The molecule has 2 rings (SSSR count). The molecule has 0 fully saturated rings. The van der Waals surface area contributed by atoms with Gasteiger partial charge in [-0.1, -0.05) is 48.9 Å². The largest absolute Gasteiger partial charge is 0.492 e. The molecule has 1 N–H and O–H groups in total. The quantitative estimate of drug-likeness (QED) is 0.410. The van der Waals surface area contributed by atoms with Crippen LogP contribution in [0, 0.1) is 6.92 Å². The van der Waals surface area contributed by atoms with Gasteiger partial charge in [0, 0.05) is 26.1 Å². The van der Waals surface area contributed by atoms with E-state index in [1.807, 2.05) is 45.0 Å². The molecule has 0 spiro atoms. The molecule has 0 heterocycles. The summed E-state index contributed by atoms with van der Waals surface area (Å²) < 4.78 is 32.1. The van der Waals surface area contributed by atoms with Crippen molar-refractivity contribution in [2.45, 2.75) is 59.5 Å². The summed E-state index contributed by atoms with van der Waals surface area (Å²) in [7, 11) is -3.61. The number of carbonyl (C=O) groups is 2. The smallest absolute Gasteiger partial charge is 0.242 e. The van der Waals surface area contributed by atoms with Gasteiger partial charge in [-0.25, -0.2) is 8.42 Å². The number of nitrogens with zero attached hydrogens (tertiary/aromatic N) is 2. The Morgan fingerprint density at radius 1 is 1.08 bits per heavy atom. The highest BCUT2D eigenvalue weighted by atomic mass is 32.2. The van der Waals surface area contributed by atoms with Crippen LogP contribution in [0.5, 0.6) is 5.75 Å². The first-order chi connectivity index (χ1) is 17.1. The number of para-hydroxylation sites is 2. The average Bonchev–Trinajstić information content (AvgIpc) is 2.83. The number of nitrogens with one attached hydrogen (secondary N) is 1. The standard InChI is InChI=1S/C27H39N3O5S/c1-6-17-28-27(32)22(4)29(20-23-13-10-12-21(3)19-23)26(31)16-11-18-30(36(5,33)34)24-14-8-9-15-25(24)35-7-2/h8-10,12-15,19,22H,6-7,11,16-18,20H2,1-5H3,(H,28,32)/t22-/m0/s1. The lowest BCUT2D eigenvalue weighted by molar-refractivity contribution is -0.140. The van der Waals surface area contributed by atoms with Crippen molar-refractivity contribution in [2.75, 3.05) is 30.3 Å². The van der Waals surface area contributed by atoms with Crippen molar-refractivity contribution >= 4 is 27.5 Å². The lowest BCUT2D eigenvalue weighted by Crippen LogP contribution is -2.47. The minimum atomic E-state index is -3.61. The van der Waals surface area contributed by atoms with Gasteiger partial charge in [0.05, 0.1) is 18.6 Å². The van der Waals surface area contributed by atoms with E-state index in [1.54, 1.807) is 36.1 Å². The van der Waals surface area contributed by atoms with Gasteiger partial charge in [0.1, 0.15) is 11.8 Å². The molecule has 0 saturated heterocycles. The summed E-state index contributed by atoms with van der Waals surface area (Å²) in [6.07, 6.45) is 2.33. The zero-order chi connectivity index (χ0) is 26.7. The van der Waals surface area contributed by atoms with Crippen LogP contribution in [0.25, 0.3) is 0 Å². The van der Waals surface area contributed by atoms with Gasteiger partial charge in [0.15, 0.2) is 0 Å². The second-order valence-corrected chi connectivity index (χ2v) is 10.7. The van der Waals surface area contributed by atoms with Gasteiger partial charge in [-0.15, -0.1) is 0 Å². The zero-order valence-corrected chi connectivity index (χ0v) is 22.8. The molecule has 0 radical (unpaired) electrons. The number of rotatable bonds is 14. The van der Waals surface area contributed by atoms with Gasteiger partial charge in [-0.3, -0.25) is 13.9 Å². The first-order valence-electron chi connectivity index (χ1n) is 12.4. The summed E-state index contributed by atoms with van der Waals surface area (Å²) in [6.45, 7) is 8.86. The number of aryl methyl sites for hydroxylation is 1. The van der Waals surface area contributed by atoms with Crippen LogP contribution >= 0.6 is 0 Å². The van der Waals surface area contributed by atoms with Gasteiger partial charge in [-0.05, 0) is 51.3 Å². The van der Waals surface area contributed by atoms with E-state index >= 15 is 0 Å². The third kappa shape index (κ3) is 8.55. The predicted octanol–water partition coefficient (Wildman–Crippen LogP) is 3.88. The third-order valence-electron chi connectivity index (χ3n) is 5.74. The molecule has 0 unspecified atom stereocenters. The van der Waals surface area contributed by atoms with E-state index < -0.39 is 16.1 Å². The molecule has 2 aromatic carbocycles. The molecule has 36 heavy (non-hydrogen) atoms. The van der Waals surface area contributed by atoms with Gasteiger partial charge in [-0.2, -0.15) is 0 Å². The Kier molecular flexibility index (Phi) is 11.2. The minimum Gasteiger partial charge on any atom is -0.492 e. The molecule has 0 bridgehead atoms. The fourth-order valence-electron chi connectivity index (χ4n) is 3.91. The Bertz CT molecular complexity index is 1120. The van der Waals surface area contributed by atoms with E-state index in [2.05, 4.69) is 5.32 Å². The van der Waals surface area contributed by atoms with Gasteiger partial charge in [0.25, 0.3) is 0 Å². The number of carbonyl (C=O) groups excluding carboxylic acids is 2. The first-order valence-corrected chi connectivity index (χ1v) is 14.3. The van der Waals surface area contributed by atoms with E-state index in [0.717, 1.165) is 23.8 Å². The molecule has 0 aliphatic carbocycles. The molecule has 1 atom stereocenters. The van der Waals surface area contributed by atoms with E-state index in [1.165, 1.54) is 4.31 Å². The molecule has 8 nitrogen and oxygen atoms in total. The summed E-state index contributed by atoms with van der Waals surface area (Å²) in [5.74, 6) is 0.0579. The van der Waals surface area contributed by atoms with Crippen LogP contribution in [0.4, 0.5) is 5.69 Å². The van der Waals surface area contributed by atoms with Crippen LogP contribution in [-0.2, 0) is 26.2 Å². The monoisotopic (exact) mass is 517 g/mol. The second-order valence-electron chi connectivity index (χ2n) is 8.82.